The number of aryl methyl sites for hydroxylation is 2. The number of nitrogens with one attached hydrogen (secondary N) is 1. The summed E-state index contributed by atoms with van der Waals surface area (Å²) < 4.78 is 5.61. The summed E-state index contributed by atoms with van der Waals surface area (Å²) in [6.45, 7) is 11.0. The molecule has 1 aromatic rings. The number of ether oxygens (including phenoxy) is 1. The Balaban J connectivity index is 2.33. The fraction of sp³-hybridized carbons (Fsp3) is 0.625. The second kappa shape index (κ2) is 6.40. The molecule has 0 aromatic heterocycles. The average molecular weight is 262 g/mol. The van der Waals surface area contributed by atoms with Crippen LogP contribution in [-0.2, 0) is 0 Å². The van der Waals surface area contributed by atoms with E-state index in [-0.39, 0.29) is 0 Å². The molecule has 1 N–H and O–H groups in total. The van der Waals surface area contributed by atoms with Crippen molar-refractivity contribution in [3.05, 3.63) is 28.8 Å². The van der Waals surface area contributed by atoms with Gasteiger partial charge in [0.25, 0.3) is 0 Å². The van der Waals surface area contributed by atoms with Crippen molar-refractivity contribution in [3.8, 4) is 5.75 Å². The van der Waals surface area contributed by atoms with E-state index in [1.807, 2.05) is 0 Å². The van der Waals surface area contributed by atoms with Crippen LogP contribution in [0.5, 0.6) is 5.75 Å². The van der Waals surface area contributed by atoms with Gasteiger partial charge in [0.15, 0.2) is 0 Å². The minimum absolute atomic E-state index is 0.469. The zero-order chi connectivity index (χ0) is 13.8. The monoisotopic (exact) mass is 262 g/mol. The third-order valence-corrected chi connectivity index (χ3v) is 4.18. The SMILES string of the molecule is CCC(c1cc(C)c(C)cc1OC)N1CCNCC1. The molecule has 0 amide bonds. The van der Waals surface area contributed by atoms with Gasteiger partial charge in [-0.15, -0.1) is 0 Å². The molecule has 106 valence electrons. The maximum Gasteiger partial charge on any atom is 0.123 e. The lowest BCUT2D eigenvalue weighted by Gasteiger charge is -2.35. The number of rotatable bonds is 4. The maximum atomic E-state index is 5.61. The van der Waals surface area contributed by atoms with Crippen LogP contribution in [0.25, 0.3) is 0 Å². The van der Waals surface area contributed by atoms with Crippen LogP contribution in [0, 0.1) is 13.8 Å². The largest absolute Gasteiger partial charge is 0.496 e. The summed E-state index contributed by atoms with van der Waals surface area (Å²) in [5.41, 5.74) is 4.00. The van der Waals surface area contributed by atoms with Crippen molar-refractivity contribution in [2.45, 2.75) is 33.2 Å². The van der Waals surface area contributed by atoms with Gasteiger partial charge in [0, 0.05) is 37.8 Å². The summed E-state index contributed by atoms with van der Waals surface area (Å²) in [7, 11) is 1.78. The highest BCUT2D eigenvalue weighted by molar-refractivity contribution is 5.43. The van der Waals surface area contributed by atoms with Crippen molar-refractivity contribution in [1.82, 2.24) is 10.2 Å². The van der Waals surface area contributed by atoms with Gasteiger partial charge < -0.3 is 10.1 Å². The highest BCUT2D eigenvalue weighted by Gasteiger charge is 2.23. The number of methoxy groups -OCH3 is 1. The van der Waals surface area contributed by atoms with Crippen molar-refractivity contribution in [2.24, 2.45) is 0 Å². The Hall–Kier alpha value is -1.06. The highest BCUT2D eigenvalue weighted by atomic mass is 16.5. The first-order valence-electron chi connectivity index (χ1n) is 7.27. The molecule has 19 heavy (non-hydrogen) atoms. The molecule has 0 bridgehead atoms. The first-order chi connectivity index (χ1) is 9.17. The summed E-state index contributed by atoms with van der Waals surface area (Å²) in [6, 6.07) is 4.95. The molecule has 3 heteroatoms. The molecule has 0 aliphatic carbocycles. The molecule has 3 nitrogen and oxygen atoms in total. The highest BCUT2D eigenvalue weighted by Crippen LogP contribution is 2.34. The Morgan fingerprint density at radius 3 is 2.42 bits per heavy atom. The minimum atomic E-state index is 0.469. The predicted molar refractivity (Wildman–Crippen MR) is 79.9 cm³/mol. The van der Waals surface area contributed by atoms with E-state index >= 15 is 0 Å². The van der Waals surface area contributed by atoms with Crippen molar-refractivity contribution in [2.75, 3.05) is 33.3 Å². The van der Waals surface area contributed by atoms with Gasteiger partial charge in [-0.1, -0.05) is 13.0 Å². The summed E-state index contributed by atoms with van der Waals surface area (Å²) in [4.78, 5) is 2.57. The predicted octanol–water partition coefficient (Wildman–Crippen LogP) is 2.67. The van der Waals surface area contributed by atoms with Crippen LogP contribution in [-0.4, -0.2) is 38.2 Å². The molecule has 1 aromatic carbocycles. The van der Waals surface area contributed by atoms with Crippen LogP contribution < -0.4 is 10.1 Å². The van der Waals surface area contributed by atoms with Gasteiger partial charge in [0.2, 0.25) is 0 Å². The first-order valence-corrected chi connectivity index (χ1v) is 7.27. The van der Waals surface area contributed by atoms with Crippen LogP contribution in [0.15, 0.2) is 12.1 Å². The van der Waals surface area contributed by atoms with Crippen LogP contribution in [0.3, 0.4) is 0 Å². The van der Waals surface area contributed by atoms with Crippen molar-refractivity contribution >= 4 is 0 Å². The standard InChI is InChI=1S/C16H26N2O/c1-5-15(18-8-6-17-7-9-18)14-10-12(2)13(3)11-16(14)19-4/h10-11,15,17H,5-9H2,1-4H3. The lowest BCUT2D eigenvalue weighted by atomic mass is 9.96. The Bertz CT molecular complexity index is 425. The molecule has 1 aliphatic rings. The Labute approximate surface area is 116 Å². The molecule has 0 spiro atoms. The third kappa shape index (κ3) is 3.10. The Morgan fingerprint density at radius 1 is 1.21 bits per heavy atom. The molecule has 1 atom stereocenters. The van der Waals surface area contributed by atoms with Crippen molar-refractivity contribution in [1.29, 1.82) is 0 Å². The zero-order valence-electron chi connectivity index (χ0n) is 12.6. The quantitative estimate of drug-likeness (QED) is 0.903. The Kier molecular flexibility index (Phi) is 4.83. The molecule has 1 heterocycles. The Morgan fingerprint density at radius 2 is 1.84 bits per heavy atom. The molecule has 1 saturated heterocycles. The summed E-state index contributed by atoms with van der Waals surface area (Å²) in [6.07, 6.45) is 1.12. The fourth-order valence-electron chi connectivity index (χ4n) is 2.92. The van der Waals surface area contributed by atoms with Crippen molar-refractivity contribution < 1.29 is 4.74 Å². The third-order valence-electron chi connectivity index (χ3n) is 4.18. The maximum absolute atomic E-state index is 5.61. The molecule has 0 radical (unpaired) electrons. The van der Waals surface area contributed by atoms with E-state index in [1.54, 1.807) is 7.11 Å². The summed E-state index contributed by atoms with van der Waals surface area (Å²) in [5.74, 6) is 1.04. The second-order valence-electron chi connectivity index (χ2n) is 5.39. The van der Waals surface area contributed by atoms with E-state index < -0.39 is 0 Å². The molecule has 1 unspecified atom stereocenters. The second-order valence-corrected chi connectivity index (χ2v) is 5.39. The van der Waals surface area contributed by atoms with E-state index in [1.165, 1.54) is 16.7 Å². The van der Waals surface area contributed by atoms with Gasteiger partial charge in [-0.3, -0.25) is 4.90 Å². The van der Waals surface area contributed by atoms with Gasteiger partial charge in [-0.2, -0.15) is 0 Å². The molecular formula is C16H26N2O. The number of nitrogens with zero attached hydrogens (tertiary/aromatic N) is 1. The number of hydrogen-bond donors (Lipinski definition) is 1. The molecule has 1 aliphatic heterocycles. The van der Waals surface area contributed by atoms with E-state index in [2.05, 4.69) is 43.1 Å². The van der Waals surface area contributed by atoms with E-state index in [9.17, 15) is 0 Å². The van der Waals surface area contributed by atoms with Crippen LogP contribution in [0.4, 0.5) is 0 Å². The van der Waals surface area contributed by atoms with Gasteiger partial charge in [0.05, 0.1) is 7.11 Å². The average Bonchev–Trinajstić information content (AvgIpc) is 2.44. The van der Waals surface area contributed by atoms with Gasteiger partial charge >= 0.3 is 0 Å². The first kappa shape index (κ1) is 14.4. The van der Waals surface area contributed by atoms with E-state index in [0.717, 1.165) is 38.3 Å². The van der Waals surface area contributed by atoms with Gasteiger partial charge in [-0.05, 0) is 37.5 Å². The fourth-order valence-corrected chi connectivity index (χ4v) is 2.92. The summed E-state index contributed by atoms with van der Waals surface area (Å²) >= 11 is 0. The van der Waals surface area contributed by atoms with Gasteiger partial charge in [-0.25, -0.2) is 0 Å². The molecule has 1 fully saturated rings. The minimum Gasteiger partial charge on any atom is -0.496 e. The molecular weight excluding hydrogens is 236 g/mol. The zero-order valence-corrected chi connectivity index (χ0v) is 12.6. The van der Waals surface area contributed by atoms with Crippen molar-refractivity contribution in [3.63, 3.8) is 0 Å². The summed E-state index contributed by atoms with van der Waals surface area (Å²) in [5, 5.41) is 3.42. The smallest absolute Gasteiger partial charge is 0.123 e. The van der Waals surface area contributed by atoms with Gasteiger partial charge in [0.1, 0.15) is 5.75 Å². The number of hydrogen-bond acceptors (Lipinski definition) is 3. The molecule has 2 rings (SSSR count). The lowest BCUT2D eigenvalue weighted by Crippen LogP contribution is -2.45. The normalized spacial score (nSPS) is 18.3. The van der Waals surface area contributed by atoms with Crippen LogP contribution >= 0.6 is 0 Å². The molecule has 0 saturated carbocycles. The van der Waals surface area contributed by atoms with E-state index in [4.69, 9.17) is 4.74 Å². The van der Waals surface area contributed by atoms with Crippen LogP contribution in [0.1, 0.15) is 36.1 Å². The van der Waals surface area contributed by atoms with E-state index in [0.29, 0.717) is 6.04 Å². The topological polar surface area (TPSA) is 24.5 Å². The number of piperazine rings is 1. The lowest BCUT2D eigenvalue weighted by molar-refractivity contribution is 0.166. The van der Waals surface area contributed by atoms with Crippen LogP contribution in [0.2, 0.25) is 0 Å². The number of benzene rings is 1.